The number of halogens is 2. The summed E-state index contributed by atoms with van der Waals surface area (Å²) in [6, 6.07) is 5.85. The van der Waals surface area contributed by atoms with E-state index < -0.39 is 0 Å². The summed E-state index contributed by atoms with van der Waals surface area (Å²) in [5.41, 5.74) is 1.05. The first-order chi connectivity index (χ1) is 10.6. The van der Waals surface area contributed by atoms with E-state index in [-0.39, 0.29) is 18.1 Å². The summed E-state index contributed by atoms with van der Waals surface area (Å²) in [7, 11) is 0. The van der Waals surface area contributed by atoms with E-state index in [0.717, 1.165) is 27.2 Å². The summed E-state index contributed by atoms with van der Waals surface area (Å²) >= 11 is 8.44. The summed E-state index contributed by atoms with van der Waals surface area (Å²) in [6.07, 6.45) is -0.0774. The molecule has 5 nitrogen and oxygen atoms in total. The Hall–Kier alpha value is -0.570. The van der Waals surface area contributed by atoms with Crippen LogP contribution in [0.4, 0.5) is 4.79 Å². The van der Waals surface area contributed by atoms with E-state index in [1.165, 1.54) is 0 Å². The molecular weight excluding hydrogens is 417 g/mol. The molecule has 0 spiro atoms. The third-order valence-electron chi connectivity index (χ3n) is 3.55. The van der Waals surface area contributed by atoms with Gasteiger partial charge in [-0.1, -0.05) is 17.7 Å². The monoisotopic (exact) mass is 437 g/mol. The molecule has 122 valence electrons. The van der Waals surface area contributed by atoms with Crippen molar-refractivity contribution in [3.63, 3.8) is 0 Å². The van der Waals surface area contributed by atoms with Crippen molar-refractivity contribution >= 4 is 40.2 Å². The van der Waals surface area contributed by atoms with Crippen molar-refractivity contribution in [3.05, 3.63) is 32.4 Å². The van der Waals surface area contributed by atoms with Gasteiger partial charge in [0.05, 0.1) is 17.7 Å². The van der Waals surface area contributed by atoms with E-state index in [1.807, 2.05) is 25.1 Å². The van der Waals surface area contributed by atoms with E-state index in [2.05, 4.69) is 38.5 Å². The van der Waals surface area contributed by atoms with Crippen molar-refractivity contribution in [1.82, 2.24) is 16.0 Å². The molecule has 1 fully saturated rings. The molecule has 1 aromatic rings. The van der Waals surface area contributed by atoms with Crippen molar-refractivity contribution < 1.29 is 9.53 Å². The molecular formula is C15H21ClIN3O2. The Morgan fingerprint density at radius 2 is 2.32 bits per heavy atom. The largest absolute Gasteiger partial charge is 0.372 e. The van der Waals surface area contributed by atoms with Gasteiger partial charge in [-0.2, -0.15) is 0 Å². The van der Waals surface area contributed by atoms with Gasteiger partial charge in [-0.25, -0.2) is 4.79 Å². The van der Waals surface area contributed by atoms with E-state index >= 15 is 0 Å². The maximum Gasteiger partial charge on any atom is 0.314 e. The number of amides is 2. The van der Waals surface area contributed by atoms with E-state index in [9.17, 15) is 4.79 Å². The Labute approximate surface area is 149 Å². The first-order valence-electron chi connectivity index (χ1n) is 7.40. The highest BCUT2D eigenvalue weighted by atomic mass is 127. The lowest BCUT2D eigenvalue weighted by Crippen LogP contribution is -2.41. The van der Waals surface area contributed by atoms with Gasteiger partial charge < -0.3 is 20.7 Å². The molecule has 0 aliphatic carbocycles. The summed E-state index contributed by atoms with van der Waals surface area (Å²) in [6.45, 7) is 5.31. The van der Waals surface area contributed by atoms with Crippen LogP contribution in [-0.4, -0.2) is 38.8 Å². The number of hydrogen-bond acceptors (Lipinski definition) is 3. The predicted octanol–water partition coefficient (Wildman–Crippen LogP) is 2.54. The van der Waals surface area contributed by atoms with Crippen LogP contribution in [0, 0.1) is 9.49 Å². The minimum absolute atomic E-state index is 0.0774. The second-order valence-corrected chi connectivity index (χ2v) is 6.74. The average molecular weight is 438 g/mol. The van der Waals surface area contributed by atoms with Gasteiger partial charge in [-0.05, 0) is 47.2 Å². The van der Waals surface area contributed by atoms with Crippen LogP contribution in [0.25, 0.3) is 0 Å². The Morgan fingerprint density at radius 1 is 1.50 bits per heavy atom. The second kappa shape index (κ2) is 8.90. The van der Waals surface area contributed by atoms with Crippen molar-refractivity contribution in [3.8, 4) is 0 Å². The third-order valence-corrected chi connectivity index (χ3v) is 5.12. The Kier molecular flexibility index (Phi) is 7.20. The Morgan fingerprint density at radius 3 is 3.05 bits per heavy atom. The topological polar surface area (TPSA) is 62.4 Å². The quantitative estimate of drug-likeness (QED) is 0.635. The highest BCUT2D eigenvalue weighted by molar-refractivity contribution is 14.1. The SMILES string of the molecule is CCNC(=O)NCC1CNCCOC1c1ccc(I)c(Cl)c1. The van der Waals surface area contributed by atoms with Crippen LogP contribution < -0.4 is 16.0 Å². The van der Waals surface area contributed by atoms with Crippen LogP contribution in [-0.2, 0) is 4.74 Å². The Bertz CT molecular complexity index is 516. The molecule has 1 aliphatic rings. The minimum atomic E-state index is -0.147. The maximum absolute atomic E-state index is 11.6. The number of benzene rings is 1. The van der Waals surface area contributed by atoms with Gasteiger partial charge in [0.15, 0.2) is 0 Å². The van der Waals surface area contributed by atoms with Gasteiger partial charge >= 0.3 is 6.03 Å². The second-order valence-electron chi connectivity index (χ2n) is 5.17. The molecule has 2 unspecified atom stereocenters. The van der Waals surface area contributed by atoms with Crippen LogP contribution in [0.3, 0.4) is 0 Å². The molecule has 2 rings (SSSR count). The van der Waals surface area contributed by atoms with Gasteiger partial charge in [0, 0.05) is 35.7 Å². The van der Waals surface area contributed by atoms with Gasteiger partial charge in [0.2, 0.25) is 0 Å². The van der Waals surface area contributed by atoms with E-state index in [4.69, 9.17) is 16.3 Å². The molecule has 7 heteroatoms. The average Bonchev–Trinajstić information content (AvgIpc) is 2.74. The zero-order valence-electron chi connectivity index (χ0n) is 12.5. The molecule has 2 atom stereocenters. The molecule has 3 N–H and O–H groups in total. The van der Waals surface area contributed by atoms with Gasteiger partial charge in [-0.15, -0.1) is 0 Å². The molecule has 1 aliphatic heterocycles. The lowest BCUT2D eigenvalue weighted by molar-refractivity contribution is 0.0315. The predicted molar refractivity (Wildman–Crippen MR) is 96.3 cm³/mol. The van der Waals surface area contributed by atoms with Crippen LogP contribution in [0.1, 0.15) is 18.6 Å². The fourth-order valence-electron chi connectivity index (χ4n) is 2.47. The lowest BCUT2D eigenvalue weighted by Gasteiger charge is -2.25. The van der Waals surface area contributed by atoms with Crippen molar-refractivity contribution in [2.45, 2.75) is 13.0 Å². The maximum atomic E-state index is 11.6. The standard InChI is InChI=1S/C15H21ClIN3O2/c1-2-19-15(21)20-9-11-8-18-5-6-22-14(11)10-3-4-13(17)12(16)7-10/h3-4,7,11,14,18H,2,5-6,8-9H2,1H3,(H2,19,20,21). The molecule has 2 amide bonds. The van der Waals surface area contributed by atoms with Crippen LogP contribution in [0.2, 0.25) is 5.02 Å². The number of urea groups is 1. The zero-order valence-corrected chi connectivity index (χ0v) is 15.4. The van der Waals surface area contributed by atoms with Gasteiger partial charge in [0.25, 0.3) is 0 Å². The first kappa shape index (κ1) is 17.8. The number of ether oxygens (including phenoxy) is 1. The third kappa shape index (κ3) is 4.97. The van der Waals surface area contributed by atoms with Crippen LogP contribution in [0.15, 0.2) is 18.2 Å². The Balaban J connectivity index is 2.09. The minimum Gasteiger partial charge on any atom is -0.372 e. The fraction of sp³-hybridized carbons (Fsp3) is 0.533. The van der Waals surface area contributed by atoms with Crippen molar-refractivity contribution in [2.24, 2.45) is 5.92 Å². The summed E-state index contributed by atoms with van der Waals surface area (Å²) < 4.78 is 7.01. The highest BCUT2D eigenvalue weighted by Gasteiger charge is 2.27. The lowest BCUT2D eigenvalue weighted by atomic mass is 9.95. The normalized spacial score (nSPS) is 22.0. The highest BCUT2D eigenvalue weighted by Crippen LogP contribution is 2.30. The molecule has 0 aromatic heterocycles. The zero-order chi connectivity index (χ0) is 15.9. The smallest absolute Gasteiger partial charge is 0.314 e. The number of nitrogens with one attached hydrogen (secondary N) is 3. The number of rotatable bonds is 4. The first-order valence-corrected chi connectivity index (χ1v) is 8.86. The summed E-state index contributed by atoms with van der Waals surface area (Å²) in [4.78, 5) is 11.6. The summed E-state index contributed by atoms with van der Waals surface area (Å²) in [5.74, 6) is 0.154. The van der Waals surface area contributed by atoms with Crippen molar-refractivity contribution in [2.75, 3.05) is 32.8 Å². The molecule has 22 heavy (non-hydrogen) atoms. The fourth-order valence-corrected chi connectivity index (χ4v) is 3.00. The summed E-state index contributed by atoms with van der Waals surface area (Å²) in [5, 5.41) is 9.72. The molecule has 0 bridgehead atoms. The van der Waals surface area contributed by atoms with Gasteiger partial charge in [0.1, 0.15) is 0 Å². The molecule has 1 aromatic carbocycles. The van der Waals surface area contributed by atoms with Crippen LogP contribution >= 0.6 is 34.2 Å². The van der Waals surface area contributed by atoms with Crippen molar-refractivity contribution in [1.29, 1.82) is 0 Å². The molecule has 1 saturated heterocycles. The van der Waals surface area contributed by atoms with E-state index in [1.54, 1.807) is 0 Å². The molecule has 0 radical (unpaired) electrons. The number of carbonyl (C=O) groups excluding carboxylic acids is 1. The molecule has 1 heterocycles. The van der Waals surface area contributed by atoms with Gasteiger partial charge in [-0.3, -0.25) is 0 Å². The number of carbonyl (C=O) groups is 1. The number of hydrogen-bond donors (Lipinski definition) is 3. The van der Waals surface area contributed by atoms with Crippen LogP contribution in [0.5, 0.6) is 0 Å². The molecule has 0 saturated carbocycles. The van der Waals surface area contributed by atoms with E-state index in [0.29, 0.717) is 19.7 Å².